The number of benzene rings is 1. The van der Waals surface area contributed by atoms with E-state index in [1.807, 2.05) is 24.3 Å². The van der Waals surface area contributed by atoms with Crippen LogP contribution in [-0.4, -0.2) is 38.2 Å². The van der Waals surface area contributed by atoms with E-state index in [1.165, 1.54) is 17.3 Å². The Morgan fingerprint density at radius 1 is 1.23 bits per heavy atom. The molecule has 134 valence electrons. The third-order valence-corrected chi connectivity index (χ3v) is 4.10. The van der Waals surface area contributed by atoms with E-state index in [-0.39, 0.29) is 5.91 Å². The zero-order valence-corrected chi connectivity index (χ0v) is 15.1. The molecule has 0 fully saturated rings. The highest BCUT2D eigenvalue weighted by atomic mass is 16.1. The van der Waals surface area contributed by atoms with Crippen molar-refractivity contribution >= 4 is 17.3 Å². The van der Waals surface area contributed by atoms with Gasteiger partial charge in [0, 0.05) is 30.0 Å². The summed E-state index contributed by atoms with van der Waals surface area (Å²) in [5, 5.41) is 6.97. The number of carbonyl (C=O) groups excluding carboxylic acids is 1. The van der Waals surface area contributed by atoms with Crippen LogP contribution in [0.15, 0.2) is 55.2 Å². The summed E-state index contributed by atoms with van der Waals surface area (Å²) in [6.07, 6.45) is 4.61. The van der Waals surface area contributed by atoms with Crippen LogP contribution in [0.2, 0.25) is 0 Å². The Morgan fingerprint density at radius 2 is 2.00 bits per heavy atom. The molecule has 1 N–H and O–H groups in total. The molecule has 0 saturated heterocycles. The first-order chi connectivity index (χ1) is 12.6. The molecule has 1 amide bonds. The van der Waals surface area contributed by atoms with Gasteiger partial charge < -0.3 is 10.2 Å². The highest BCUT2D eigenvalue weighted by Gasteiger charge is 2.13. The molecule has 0 saturated carbocycles. The molecule has 2 heterocycles. The SMILES string of the molecule is CCN(c1ccc(C(=O)Nc2cccnc2-n2cncn2)cc1)C(C)C. The number of amides is 1. The second-order valence-corrected chi connectivity index (χ2v) is 6.10. The van der Waals surface area contributed by atoms with Crippen LogP contribution in [0.4, 0.5) is 11.4 Å². The van der Waals surface area contributed by atoms with Crippen molar-refractivity contribution in [1.82, 2.24) is 19.7 Å². The van der Waals surface area contributed by atoms with Gasteiger partial charge in [0.05, 0.1) is 5.69 Å². The largest absolute Gasteiger partial charge is 0.369 e. The van der Waals surface area contributed by atoms with E-state index >= 15 is 0 Å². The summed E-state index contributed by atoms with van der Waals surface area (Å²) in [5.74, 6) is 0.324. The van der Waals surface area contributed by atoms with Crippen molar-refractivity contribution in [2.75, 3.05) is 16.8 Å². The summed E-state index contributed by atoms with van der Waals surface area (Å²) in [5.41, 5.74) is 2.26. The number of carbonyl (C=O) groups is 1. The van der Waals surface area contributed by atoms with Crippen LogP contribution in [0.1, 0.15) is 31.1 Å². The van der Waals surface area contributed by atoms with Gasteiger partial charge in [0.1, 0.15) is 12.7 Å². The van der Waals surface area contributed by atoms with E-state index in [1.54, 1.807) is 18.3 Å². The number of nitrogens with one attached hydrogen (secondary N) is 1. The highest BCUT2D eigenvalue weighted by Crippen LogP contribution is 2.20. The van der Waals surface area contributed by atoms with E-state index in [4.69, 9.17) is 0 Å². The molecule has 0 aliphatic heterocycles. The lowest BCUT2D eigenvalue weighted by Crippen LogP contribution is -2.30. The van der Waals surface area contributed by atoms with Crippen molar-refractivity contribution in [2.45, 2.75) is 26.8 Å². The van der Waals surface area contributed by atoms with Gasteiger partial charge in [-0.2, -0.15) is 5.10 Å². The van der Waals surface area contributed by atoms with Crippen LogP contribution >= 0.6 is 0 Å². The number of hydrogen-bond donors (Lipinski definition) is 1. The minimum absolute atomic E-state index is 0.196. The second-order valence-electron chi connectivity index (χ2n) is 6.10. The fraction of sp³-hybridized carbons (Fsp3) is 0.263. The minimum atomic E-state index is -0.196. The van der Waals surface area contributed by atoms with Crippen molar-refractivity contribution in [2.24, 2.45) is 0 Å². The number of hydrogen-bond acceptors (Lipinski definition) is 5. The van der Waals surface area contributed by atoms with Crippen LogP contribution in [0.3, 0.4) is 0 Å². The maximum atomic E-state index is 12.6. The van der Waals surface area contributed by atoms with Gasteiger partial charge in [0.15, 0.2) is 5.82 Å². The normalized spacial score (nSPS) is 10.8. The fourth-order valence-corrected chi connectivity index (χ4v) is 2.84. The van der Waals surface area contributed by atoms with Gasteiger partial charge >= 0.3 is 0 Å². The quantitative estimate of drug-likeness (QED) is 0.739. The van der Waals surface area contributed by atoms with Gasteiger partial charge in [0.25, 0.3) is 5.91 Å². The number of anilines is 2. The van der Waals surface area contributed by atoms with Crippen LogP contribution in [0.25, 0.3) is 5.82 Å². The maximum absolute atomic E-state index is 12.6. The molecule has 7 nitrogen and oxygen atoms in total. The smallest absolute Gasteiger partial charge is 0.255 e. The molecule has 2 aromatic heterocycles. The molecule has 0 bridgehead atoms. The average Bonchev–Trinajstić information content (AvgIpc) is 3.17. The van der Waals surface area contributed by atoms with Crippen molar-refractivity contribution in [3.63, 3.8) is 0 Å². The lowest BCUT2D eigenvalue weighted by atomic mass is 10.1. The van der Waals surface area contributed by atoms with Gasteiger partial charge in [-0.25, -0.2) is 14.6 Å². The first kappa shape index (κ1) is 17.6. The second kappa shape index (κ2) is 7.77. The summed E-state index contributed by atoms with van der Waals surface area (Å²) in [6, 6.07) is 11.6. The lowest BCUT2D eigenvalue weighted by Gasteiger charge is -2.27. The Labute approximate surface area is 152 Å². The standard InChI is InChI=1S/C19H22N6O/c1-4-24(14(2)3)16-9-7-15(8-10-16)19(26)23-17-6-5-11-21-18(17)25-13-20-12-22-25/h5-14H,4H2,1-3H3,(H,23,26). The van der Waals surface area contributed by atoms with Crippen LogP contribution < -0.4 is 10.2 Å². The molecule has 0 unspecified atom stereocenters. The molecular formula is C19H22N6O. The zero-order chi connectivity index (χ0) is 18.5. The van der Waals surface area contributed by atoms with Crippen LogP contribution in [0.5, 0.6) is 0 Å². The Balaban J connectivity index is 1.79. The minimum Gasteiger partial charge on any atom is -0.369 e. The summed E-state index contributed by atoms with van der Waals surface area (Å²) >= 11 is 0. The highest BCUT2D eigenvalue weighted by molar-refractivity contribution is 6.05. The molecule has 7 heteroatoms. The van der Waals surface area contributed by atoms with Crippen LogP contribution in [-0.2, 0) is 0 Å². The molecule has 3 aromatic rings. The summed E-state index contributed by atoms with van der Waals surface area (Å²) in [4.78, 5) is 23.1. The molecule has 3 rings (SSSR count). The van der Waals surface area contributed by atoms with Gasteiger partial charge in [-0.15, -0.1) is 0 Å². The monoisotopic (exact) mass is 350 g/mol. The first-order valence-electron chi connectivity index (χ1n) is 8.58. The van der Waals surface area contributed by atoms with Gasteiger partial charge in [-0.3, -0.25) is 4.79 Å². The Hall–Kier alpha value is -3.22. The van der Waals surface area contributed by atoms with Gasteiger partial charge in [-0.1, -0.05) is 0 Å². The summed E-state index contributed by atoms with van der Waals surface area (Å²) in [6.45, 7) is 7.34. The molecule has 1 aromatic carbocycles. The van der Waals surface area contributed by atoms with Crippen molar-refractivity contribution in [3.05, 3.63) is 60.8 Å². The van der Waals surface area contributed by atoms with Crippen molar-refractivity contribution < 1.29 is 4.79 Å². The predicted octanol–water partition coefficient (Wildman–Crippen LogP) is 3.15. The molecule has 0 radical (unpaired) electrons. The van der Waals surface area contributed by atoms with Gasteiger partial charge in [-0.05, 0) is 57.2 Å². The summed E-state index contributed by atoms with van der Waals surface area (Å²) in [7, 11) is 0. The maximum Gasteiger partial charge on any atom is 0.255 e. The van der Waals surface area contributed by atoms with Crippen molar-refractivity contribution in [3.8, 4) is 5.82 Å². The van der Waals surface area contributed by atoms with Gasteiger partial charge in [0.2, 0.25) is 0 Å². The Morgan fingerprint density at radius 3 is 2.62 bits per heavy atom. The van der Waals surface area contributed by atoms with E-state index in [0.717, 1.165) is 12.2 Å². The first-order valence-corrected chi connectivity index (χ1v) is 8.58. The van der Waals surface area contributed by atoms with E-state index in [2.05, 4.69) is 46.1 Å². The molecule has 0 aliphatic carbocycles. The average molecular weight is 350 g/mol. The number of aromatic nitrogens is 4. The Kier molecular flexibility index (Phi) is 5.26. The molecular weight excluding hydrogens is 328 g/mol. The van der Waals surface area contributed by atoms with Crippen LogP contribution in [0, 0.1) is 0 Å². The number of pyridine rings is 1. The summed E-state index contributed by atoms with van der Waals surface area (Å²) < 4.78 is 1.51. The van der Waals surface area contributed by atoms with Crippen molar-refractivity contribution in [1.29, 1.82) is 0 Å². The van der Waals surface area contributed by atoms with E-state index in [0.29, 0.717) is 23.1 Å². The fourth-order valence-electron chi connectivity index (χ4n) is 2.84. The number of rotatable bonds is 6. The predicted molar refractivity (Wildman–Crippen MR) is 102 cm³/mol. The van der Waals surface area contributed by atoms with E-state index < -0.39 is 0 Å². The number of nitrogens with zero attached hydrogens (tertiary/aromatic N) is 5. The third-order valence-electron chi connectivity index (χ3n) is 4.10. The molecule has 0 spiro atoms. The lowest BCUT2D eigenvalue weighted by molar-refractivity contribution is 0.102. The Bertz CT molecular complexity index is 858. The zero-order valence-electron chi connectivity index (χ0n) is 15.1. The molecule has 26 heavy (non-hydrogen) atoms. The third kappa shape index (κ3) is 3.72. The van der Waals surface area contributed by atoms with E-state index in [9.17, 15) is 4.79 Å². The molecule has 0 atom stereocenters. The topological polar surface area (TPSA) is 75.9 Å². The molecule has 0 aliphatic rings.